The molecule has 2 aromatic heterocycles. The van der Waals surface area contributed by atoms with E-state index in [4.69, 9.17) is 5.73 Å². The van der Waals surface area contributed by atoms with Crippen molar-refractivity contribution in [2.24, 2.45) is 7.05 Å². The molecule has 0 aliphatic carbocycles. The molecule has 2 N–H and O–H groups in total. The van der Waals surface area contributed by atoms with Gasteiger partial charge in [0, 0.05) is 29.0 Å². The summed E-state index contributed by atoms with van der Waals surface area (Å²) in [6.07, 6.45) is 2.09. The lowest BCUT2D eigenvalue weighted by Crippen LogP contribution is -1.84. The fraction of sp³-hybridized carbons (Fsp3) is 0.143. The Labute approximate surface area is 104 Å². The molecule has 0 aliphatic rings. The second kappa shape index (κ2) is 3.64. The van der Waals surface area contributed by atoms with Crippen LogP contribution in [0.3, 0.4) is 0 Å². The number of fused-ring (bicyclic) bond motifs is 1. The van der Waals surface area contributed by atoms with Crippen molar-refractivity contribution in [2.45, 2.75) is 6.92 Å². The first-order valence-corrected chi connectivity index (χ1v) is 6.38. The number of hydrogen-bond acceptors (Lipinski definition) is 2. The molecule has 0 spiro atoms. The fourth-order valence-corrected chi connectivity index (χ4v) is 3.06. The monoisotopic (exact) mass is 242 g/mol. The molecule has 0 fully saturated rings. The van der Waals surface area contributed by atoms with Crippen molar-refractivity contribution in [1.29, 1.82) is 0 Å². The van der Waals surface area contributed by atoms with E-state index in [1.807, 2.05) is 0 Å². The van der Waals surface area contributed by atoms with E-state index in [1.54, 1.807) is 11.3 Å². The van der Waals surface area contributed by atoms with E-state index in [1.165, 1.54) is 26.9 Å². The molecule has 0 atom stereocenters. The van der Waals surface area contributed by atoms with Crippen LogP contribution in [0.2, 0.25) is 0 Å². The van der Waals surface area contributed by atoms with Gasteiger partial charge in [-0.3, -0.25) is 0 Å². The summed E-state index contributed by atoms with van der Waals surface area (Å²) in [5.41, 5.74) is 9.60. The molecule has 17 heavy (non-hydrogen) atoms. The normalized spacial score (nSPS) is 11.2. The Morgan fingerprint density at radius 3 is 2.71 bits per heavy atom. The maximum Gasteiger partial charge on any atom is 0.0865 e. The largest absolute Gasteiger partial charge is 0.391 e. The highest BCUT2D eigenvalue weighted by Gasteiger charge is 2.07. The van der Waals surface area contributed by atoms with E-state index >= 15 is 0 Å². The number of rotatable bonds is 1. The molecular formula is C14H14N2S. The molecule has 3 aromatic rings. The standard InChI is InChI=1S/C14H14N2S/c1-9-12(8-14(15)17-9)10-3-4-13-11(7-10)5-6-16(13)2/h3-8H,15H2,1-2H3. The van der Waals surface area contributed by atoms with Crippen LogP contribution >= 0.6 is 11.3 Å². The maximum absolute atomic E-state index is 5.85. The van der Waals surface area contributed by atoms with Crippen molar-refractivity contribution >= 4 is 27.2 Å². The minimum atomic E-state index is 0.880. The molecule has 0 aliphatic heterocycles. The van der Waals surface area contributed by atoms with Gasteiger partial charge in [0.05, 0.1) is 5.00 Å². The summed E-state index contributed by atoms with van der Waals surface area (Å²) in [4.78, 5) is 1.28. The highest BCUT2D eigenvalue weighted by molar-refractivity contribution is 7.16. The van der Waals surface area contributed by atoms with Crippen LogP contribution in [0.25, 0.3) is 22.0 Å². The number of nitrogens with two attached hydrogens (primary N) is 1. The summed E-state index contributed by atoms with van der Waals surface area (Å²) in [5.74, 6) is 0. The molecule has 0 unspecified atom stereocenters. The molecule has 2 heterocycles. The van der Waals surface area contributed by atoms with E-state index in [-0.39, 0.29) is 0 Å². The van der Waals surface area contributed by atoms with Gasteiger partial charge in [-0.25, -0.2) is 0 Å². The zero-order valence-corrected chi connectivity index (χ0v) is 10.7. The number of anilines is 1. The second-order valence-electron chi connectivity index (χ2n) is 4.32. The topological polar surface area (TPSA) is 30.9 Å². The molecule has 1 aromatic carbocycles. The Kier molecular flexibility index (Phi) is 2.23. The van der Waals surface area contributed by atoms with E-state index in [2.05, 4.69) is 55.1 Å². The van der Waals surface area contributed by atoms with Gasteiger partial charge in [0.2, 0.25) is 0 Å². The highest BCUT2D eigenvalue weighted by Crippen LogP contribution is 2.33. The third-order valence-corrected chi connectivity index (χ3v) is 4.01. The van der Waals surface area contributed by atoms with Crippen molar-refractivity contribution in [1.82, 2.24) is 4.57 Å². The van der Waals surface area contributed by atoms with Gasteiger partial charge in [0.25, 0.3) is 0 Å². The number of nitrogens with zero attached hydrogens (tertiary/aromatic N) is 1. The lowest BCUT2D eigenvalue weighted by atomic mass is 10.1. The number of hydrogen-bond donors (Lipinski definition) is 1. The predicted octanol–water partition coefficient (Wildman–Crippen LogP) is 3.80. The van der Waals surface area contributed by atoms with Gasteiger partial charge < -0.3 is 10.3 Å². The lowest BCUT2D eigenvalue weighted by molar-refractivity contribution is 0.969. The van der Waals surface area contributed by atoms with Crippen LogP contribution in [-0.2, 0) is 7.05 Å². The van der Waals surface area contributed by atoms with E-state index in [0.29, 0.717) is 0 Å². The Balaban J connectivity index is 2.21. The van der Waals surface area contributed by atoms with Gasteiger partial charge in [0.1, 0.15) is 0 Å². The molecule has 0 amide bonds. The highest BCUT2D eigenvalue weighted by atomic mass is 32.1. The zero-order chi connectivity index (χ0) is 12.0. The number of aryl methyl sites for hydroxylation is 2. The molecule has 0 saturated carbocycles. The third-order valence-electron chi connectivity index (χ3n) is 3.13. The second-order valence-corrected chi connectivity index (χ2v) is 5.61. The number of aromatic nitrogens is 1. The van der Waals surface area contributed by atoms with Crippen molar-refractivity contribution in [3.63, 3.8) is 0 Å². The SMILES string of the molecule is Cc1sc(N)cc1-c1ccc2c(ccn2C)c1. The first-order valence-electron chi connectivity index (χ1n) is 5.56. The number of nitrogen functional groups attached to an aromatic ring is 1. The molecule has 0 saturated heterocycles. The Morgan fingerprint density at radius 2 is 2.00 bits per heavy atom. The van der Waals surface area contributed by atoms with Gasteiger partial charge in [-0.15, -0.1) is 11.3 Å². The average Bonchev–Trinajstić information content (AvgIpc) is 2.82. The Hall–Kier alpha value is -1.74. The van der Waals surface area contributed by atoms with Crippen LogP contribution < -0.4 is 5.73 Å². The minimum Gasteiger partial charge on any atom is -0.391 e. The Morgan fingerprint density at radius 1 is 1.18 bits per heavy atom. The van der Waals surface area contributed by atoms with E-state index in [9.17, 15) is 0 Å². The molecule has 3 rings (SSSR count). The van der Waals surface area contributed by atoms with Crippen LogP contribution in [0, 0.1) is 6.92 Å². The summed E-state index contributed by atoms with van der Waals surface area (Å²) in [6.45, 7) is 2.12. The van der Waals surface area contributed by atoms with Crippen LogP contribution in [-0.4, -0.2) is 4.57 Å². The smallest absolute Gasteiger partial charge is 0.0865 e. The first-order chi connectivity index (χ1) is 8.15. The van der Waals surface area contributed by atoms with Gasteiger partial charge in [0.15, 0.2) is 0 Å². The molecule has 0 bridgehead atoms. The third kappa shape index (κ3) is 1.63. The summed E-state index contributed by atoms with van der Waals surface area (Å²) in [7, 11) is 2.07. The average molecular weight is 242 g/mol. The van der Waals surface area contributed by atoms with Crippen molar-refractivity contribution in [2.75, 3.05) is 5.73 Å². The van der Waals surface area contributed by atoms with E-state index in [0.717, 1.165) is 5.00 Å². The summed E-state index contributed by atoms with van der Waals surface area (Å²) >= 11 is 1.65. The molecule has 3 heteroatoms. The van der Waals surface area contributed by atoms with Gasteiger partial charge in [-0.2, -0.15) is 0 Å². The van der Waals surface area contributed by atoms with Crippen LogP contribution in [0.15, 0.2) is 36.5 Å². The van der Waals surface area contributed by atoms with Crippen LogP contribution in [0.1, 0.15) is 4.88 Å². The van der Waals surface area contributed by atoms with Gasteiger partial charge >= 0.3 is 0 Å². The minimum absolute atomic E-state index is 0.880. The fourth-order valence-electron chi connectivity index (χ4n) is 2.24. The number of thiophene rings is 1. The van der Waals surface area contributed by atoms with Gasteiger partial charge in [-0.05, 0) is 42.3 Å². The molecular weight excluding hydrogens is 228 g/mol. The van der Waals surface area contributed by atoms with Gasteiger partial charge in [-0.1, -0.05) is 6.07 Å². The summed E-state index contributed by atoms with van der Waals surface area (Å²) < 4.78 is 2.13. The first kappa shape index (κ1) is 10.4. The molecule has 2 nitrogen and oxygen atoms in total. The van der Waals surface area contributed by atoms with Crippen molar-refractivity contribution < 1.29 is 0 Å². The molecule has 86 valence electrons. The van der Waals surface area contributed by atoms with Crippen LogP contribution in [0.5, 0.6) is 0 Å². The predicted molar refractivity (Wildman–Crippen MR) is 75.4 cm³/mol. The van der Waals surface area contributed by atoms with E-state index < -0.39 is 0 Å². The Bertz CT molecular complexity index is 691. The van der Waals surface area contributed by atoms with Crippen molar-refractivity contribution in [3.8, 4) is 11.1 Å². The van der Waals surface area contributed by atoms with Crippen LogP contribution in [0.4, 0.5) is 5.00 Å². The van der Waals surface area contributed by atoms with Crippen molar-refractivity contribution in [3.05, 3.63) is 41.4 Å². The maximum atomic E-state index is 5.85. The summed E-state index contributed by atoms with van der Waals surface area (Å²) in [6, 6.07) is 10.8. The lowest BCUT2D eigenvalue weighted by Gasteiger charge is -2.02. The quantitative estimate of drug-likeness (QED) is 0.691. The summed E-state index contributed by atoms with van der Waals surface area (Å²) in [5, 5.41) is 2.15. The zero-order valence-electron chi connectivity index (χ0n) is 9.90. The number of benzene rings is 1. The molecule has 0 radical (unpaired) electrons.